The van der Waals surface area contributed by atoms with E-state index in [0.717, 1.165) is 24.0 Å². The number of hydrogen-bond donors (Lipinski definition) is 0. The number of hydrogen-bond acceptors (Lipinski definition) is 1. The van der Waals surface area contributed by atoms with E-state index in [9.17, 15) is 0 Å². The fraction of sp³-hybridized carbons (Fsp3) is 0.182. The van der Waals surface area contributed by atoms with Crippen LogP contribution in [0.1, 0.15) is 18.4 Å². The van der Waals surface area contributed by atoms with Gasteiger partial charge in [-0.3, -0.25) is 0 Å². The summed E-state index contributed by atoms with van der Waals surface area (Å²) < 4.78 is 0. The zero-order valence-electron chi connectivity index (χ0n) is 7.50. The molecule has 0 amide bonds. The van der Waals surface area contributed by atoms with Gasteiger partial charge in [0, 0.05) is 11.8 Å². The van der Waals surface area contributed by atoms with Gasteiger partial charge in [-0.25, -0.2) is 4.98 Å². The van der Waals surface area contributed by atoms with Crippen molar-refractivity contribution in [2.24, 2.45) is 0 Å². The smallest absolute Gasteiger partial charge is 0.129 e. The molecule has 1 heterocycles. The van der Waals surface area contributed by atoms with Crippen LogP contribution in [0.4, 0.5) is 0 Å². The quantitative estimate of drug-likeness (QED) is 0.656. The van der Waals surface area contributed by atoms with Crippen LogP contribution in [0.2, 0.25) is 10.2 Å². The third-order valence-electron chi connectivity index (χ3n) is 2.13. The van der Waals surface area contributed by atoms with E-state index < -0.39 is 0 Å². The van der Waals surface area contributed by atoms with Gasteiger partial charge in [-0.05, 0) is 24.5 Å². The first-order chi connectivity index (χ1) is 6.77. The third-order valence-corrected chi connectivity index (χ3v) is 2.64. The van der Waals surface area contributed by atoms with Crippen molar-refractivity contribution in [3.8, 4) is 0 Å². The number of nitrogens with zero attached hydrogens (tertiary/aromatic N) is 1. The molecule has 0 aromatic carbocycles. The lowest BCUT2D eigenvalue weighted by Crippen LogP contribution is -1.88. The highest BCUT2D eigenvalue weighted by Crippen LogP contribution is 2.28. The van der Waals surface area contributed by atoms with Gasteiger partial charge in [-0.15, -0.1) is 0 Å². The summed E-state index contributed by atoms with van der Waals surface area (Å²) in [5, 5.41) is 1.12. The van der Waals surface area contributed by atoms with Crippen LogP contribution in [0.5, 0.6) is 0 Å². The standard InChI is InChI=1S/C11H9Cl2N/c12-10-7-14-11(13)6-9(10)8-4-2-1-3-5-8/h2,4-7H,1,3H2. The first kappa shape index (κ1) is 9.75. The minimum Gasteiger partial charge on any atom is -0.243 e. The highest BCUT2D eigenvalue weighted by molar-refractivity contribution is 6.33. The van der Waals surface area contributed by atoms with Crippen LogP contribution < -0.4 is 0 Å². The molecule has 1 nitrogen and oxygen atoms in total. The largest absolute Gasteiger partial charge is 0.243 e. The van der Waals surface area contributed by atoms with Gasteiger partial charge in [0.05, 0.1) is 5.02 Å². The SMILES string of the molecule is Clc1cc(C2=CCCC=C2)c(Cl)cn1. The van der Waals surface area contributed by atoms with Gasteiger partial charge < -0.3 is 0 Å². The van der Waals surface area contributed by atoms with E-state index in [0.29, 0.717) is 10.2 Å². The molecule has 1 aromatic rings. The Hall–Kier alpha value is -0.790. The summed E-state index contributed by atoms with van der Waals surface area (Å²) in [4.78, 5) is 3.92. The summed E-state index contributed by atoms with van der Waals surface area (Å²) in [5.41, 5.74) is 2.09. The molecule has 0 atom stereocenters. The van der Waals surface area contributed by atoms with Gasteiger partial charge in [0.15, 0.2) is 0 Å². The van der Waals surface area contributed by atoms with Crippen molar-refractivity contribution in [3.05, 3.63) is 46.2 Å². The van der Waals surface area contributed by atoms with Gasteiger partial charge >= 0.3 is 0 Å². The fourth-order valence-electron chi connectivity index (χ4n) is 1.45. The van der Waals surface area contributed by atoms with Gasteiger partial charge in [-0.1, -0.05) is 41.4 Å². The van der Waals surface area contributed by atoms with E-state index in [1.165, 1.54) is 0 Å². The van der Waals surface area contributed by atoms with Crippen LogP contribution in [0.15, 0.2) is 30.5 Å². The molecule has 1 aromatic heterocycles. The summed E-state index contributed by atoms with van der Waals surface area (Å²) in [6.07, 6.45) is 10.1. The molecule has 0 radical (unpaired) electrons. The summed E-state index contributed by atoms with van der Waals surface area (Å²) >= 11 is 11.8. The fourth-order valence-corrected chi connectivity index (χ4v) is 1.82. The van der Waals surface area contributed by atoms with E-state index in [2.05, 4.69) is 23.2 Å². The molecular formula is C11H9Cl2N. The Bertz CT molecular complexity index is 408. The van der Waals surface area contributed by atoms with Crippen molar-refractivity contribution in [3.63, 3.8) is 0 Å². The Morgan fingerprint density at radius 2 is 2.07 bits per heavy atom. The second-order valence-corrected chi connectivity index (χ2v) is 3.92. The third kappa shape index (κ3) is 1.99. The summed E-state index contributed by atoms with van der Waals surface area (Å²) in [7, 11) is 0. The average Bonchev–Trinajstić information content (AvgIpc) is 2.23. The molecule has 0 spiro atoms. The van der Waals surface area contributed by atoms with Crippen LogP contribution in [-0.4, -0.2) is 4.98 Å². The van der Waals surface area contributed by atoms with Crippen molar-refractivity contribution < 1.29 is 0 Å². The Balaban J connectivity index is 2.44. The first-order valence-corrected chi connectivity index (χ1v) is 5.21. The molecule has 72 valence electrons. The number of rotatable bonds is 1. The molecular weight excluding hydrogens is 217 g/mol. The Kier molecular flexibility index (Phi) is 2.90. The Morgan fingerprint density at radius 3 is 2.79 bits per heavy atom. The van der Waals surface area contributed by atoms with Crippen LogP contribution in [0.3, 0.4) is 0 Å². The molecule has 0 saturated carbocycles. The predicted octanol–water partition coefficient (Wildman–Crippen LogP) is 4.12. The summed E-state index contributed by atoms with van der Waals surface area (Å²) in [6, 6.07) is 1.80. The normalized spacial score (nSPS) is 15.4. The Morgan fingerprint density at radius 1 is 1.21 bits per heavy atom. The number of allylic oxidation sites excluding steroid dienone is 4. The maximum Gasteiger partial charge on any atom is 0.129 e. The minimum atomic E-state index is 0.476. The molecule has 2 rings (SSSR count). The number of aromatic nitrogens is 1. The summed E-state index contributed by atoms with van der Waals surface area (Å²) in [6.45, 7) is 0. The van der Waals surface area contributed by atoms with E-state index in [4.69, 9.17) is 23.2 Å². The first-order valence-electron chi connectivity index (χ1n) is 4.45. The highest BCUT2D eigenvalue weighted by atomic mass is 35.5. The lowest BCUT2D eigenvalue weighted by atomic mass is 10.0. The van der Waals surface area contributed by atoms with Crippen LogP contribution in [-0.2, 0) is 0 Å². The van der Waals surface area contributed by atoms with Crippen molar-refractivity contribution in [1.29, 1.82) is 0 Å². The topological polar surface area (TPSA) is 12.9 Å². The molecule has 0 N–H and O–H groups in total. The van der Waals surface area contributed by atoms with Crippen molar-refractivity contribution >= 4 is 28.8 Å². The van der Waals surface area contributed by atoms with E-state index >= 15 is 0 Å². The van der Waals surface area contributed by atoms with Crippen molar-refractivity contribution in [2.75, 3.05) is 0 Å². The molecule has 1 aliphatic carbocycles. The molecule has 0 fully saturated rings. The molecule has 0 saturated heterocycles. The zero-order chi connectivity index (χ0) is 9.97. The Labute approximate surface area is 93.1 Å². The average molecular weight is 226 g/mol. The van der Waals surface area contributed by atoms with Gasteiger partial charge in [0.1, 0.15) is 5.15 Å². The zero-order valence-corrected chi connectivity index (χ0v) is 9.02. The molecule has 3 heteroatoms. The molecule has 14 heavy (non-hydrogen) atoms. The number of halogens is 2. The predicted molar refractivity (Wildman–Crippen MR) is 60.6 cm³/mol. The van der Waals surface area contributed by atoms with Gasteiger partial charge in [0.2, 0.25) is 0 Å². The maximum atomic E-state index is 6.03. The number of pyridine rings is 1. The monoisotopic (exact) mass is 225 g/mol. The minimum absolute atomic E-state index is 0.476. The van der Waals surface area contributed by atoms with Crippen LogP contribution >= 0.6 is 23.2 Å². The molecule has 0 bridgehead atoms. The maximum absolute atomic E-state index is 6.03. The van der Waals surface area contributed by atoms with Crippen molar-refractivity contribution in [1.82, 2.24) is 4.98 Å². The summed E-state index contributed by atoms with van der Waals surface area (Å²) in [5.74, 6) is 0. The van der Waals surface area contributed by atoms with Crippen LogP contribution in [0, 0.1) is 0 Å². The van der Waals surface area contributed by atoms with E-state index in [1.54, 1.807) is 12.3 Å². The highest BCUT2D eigenvalue weighted by Gasteiger charge is 2.07. The van der Waals surface area contributed by atoms with Crippen molar-refractivity contribution in [2.45, 2.75) is 12.8 Å². The second kappa shape index (κ2) is 4.16. The van der Waals surface area contributed by atoms with Crippen LogP contribution in [0.25, 0.3) is 5.57 Å². The second-order valence-electron chi connectivity index (χ2n) is 3.13. The molecule has 0 aliphatic heterocycles. The van der Waals surface area contributed by atoms with E-state index in [-0.39, 0.29) is 0 Å². The van der Waals surface area contributed by atoms with Gasteiger partial charge in [0.25, 0.3) is 0 Å². The molecule has 0 unspecified atom stereocenters. The molecule has 1 aliphatic rings. The van der Waals surface area contributed by atoms with E-state index in [1.807, 2.05) is 0 Å². The lowest BCUT2D eigenvalue weighted by Gasteiger charge is -2.08. The lowest BCUT2D eigenvalue weighted by molar-refractivity contribution is 1.04. The van der Waals surface area contributed by atoms with Gasteiger partial charge in [-0.2, -0.15) is 0 Å².